The molecule has 2 rings (SSSR count). The van der Waals surface area contributed by atoms with Gasteiger partial charge in [-0.05, 0) is 36.8 Å². The molecule has 0 spiro atoms. The number of hydrogen-bond donors (Lipinski definition) is 2. The van der Waals surface area contributed by atoms with Crippen molar-refractivity contribution in [2.24, 2.45) is 0 Å². The van der Waals surface area contributed by atoms with Crippen molar-refractivity contribution in [2.75, 3.05) is 32.7 Å². The molecule has 1 aromatic carbocycles. The Hall–Kier alpha value is -3.26. The first kappa shape index (κ1) is 20.1. The van der Waals surface area contributed by atoms with Gasteiger partial charge in [-0.3, -0.25) is 9.59 Å². The summed E-state index contributed by atoms with van der Waals surface area (Å²) in [4.78, 5) is 40.2. The molecule has 0 atom stereocenters. The zero-order valence-corrected chi connectivity index (χ0v) is 15.2. The minimum absolute atomic E-state index is 0.0861. The Morgan fingerprint density at radius 1 is 1.00 bits per heavy atom. The number of methoxy groups -OCH3 is 2. The van der Waals surface area contributed by atoms with Crippen LogP contribution in [0.4, 0.5) is 5.69 Å². The van der Waals surface area contributed by atoms with Gasteiger partial charge in [0, 0.05) is 25.9 Å². The summed E-state index contributed by atoms with van der Waals surface area (Å²) in [6.45, 7) is 0.992. The van der Waals surface area contributed by atoms with Crippen LogP contribution in [0.15, 0.2) is 42.5 Å². The Bertz CT molecular complexity index is 822. The van der Waals surface area contributed by atoms with Crippen molar-refractivity contribution in [3.05, 3.63) is 59.4 Å². The quantitative estimate of drug-likeness (QED) is 0.542. The standard InChI is InChI=1S/C19H21N3O5/c1-26-11-5-10-20-17(23)15-8-4-9-16(22-15)18(24)21-14-7-3-6-13(12-14)19(25)27-2/h3-4,6-9,12H,5,10-11H2,1-2H3,(H,20,23)(H,21,24). The molecule has 0 radical (unpaired) electrons. The summed E-state index contributed by atoms with van der Waals surface area (Å²) in [7, 11) is 2.87. The topological polar surface area (TPSA) is 107 Å². The van der Waals surface area contributed by atoms with E-state index in [1.54, 1.807) is 31.4 Å². The van der Waals surface area contributed by atoms with E-state index in [0.29, 0.717) is 30.8 Å². The summed E-state index contributed by atoms with van der Waals surface area (Å²) >= 11 is 0. The number of anilines is 1. The number of carbonyl (C=O) groups excluding carboxylic acids is 3. The molecule has 2 aromatic rings. The summed E-state index contributed by atoms with van der Waals surface area (Å²) < 4.78 is 9.57. The van der Waals surface area contributed by atoms with Crippen LogP contribution >= 0.6 is 0 Å². The van der Waals surface area contributed by atoms with Crippen LogP contribution < -0.4 is 10.6 Å². The van der Waals surface area contributed by atoms with Gasteiger partial charge in [0.25, 0.3) is 11.8 Å². The number of rotatable bonds is 8. The number of benzene rings is 1. The molecule has 1 heterocycles. The van der Waals surface area contributed by atoms with Crippen LogP contribution in [0.5, 0.6) is 0 Å². The predicted octanol–water partition coefficient (Wildman–Crippen LogP) is 1.89. The molecule has 0 saturated heterocycles. The molecule has 1 aromatic heterocycles. The van der Waals surface area contributed by atoms with E-state index < -0.39 is 11.9 Å². The molecule has 2 N–H and O–H groups in total. The van der Waals surface area contributed by atoms with Gasteiger partial charge in [0.15, 0.2) is 0 Å². The Morgan fingerprint density at radius 3 is 2.41 bits per heavy atom. The summed E-state index contributed by atoms with van der Waals surface area (Å²) in [5, 5.41) is 5.36. The number of pyridine rings is 1. The second kappa shape index (κ2) is 10.0. The van der Waals surface area contributed by atoms with E-state index in [4.69, 9.17) is 4.74 Å². The Labute approximate surface area is 156 Å². The summed E-state index contributed by atoms with van der Waals surface area (Å²) in [5.41, 5.74) is 0.956. The molecule has 8 nitrogen and oxygen atoms in total. The highest BCUT2D eigenvalue weighted by Crippen LogP contribution is 2.13. The Balaban J connectivity index is 2.05. The number of nitrogens with zero attached hydrogens (tertiary/aromatic N) is 1. The highest BCUT2D eigenvalue weighted by Gasteiger charge is 2.13. The molecular weight excluding hydrogens is 350 g/mol. The van der Waals surface area contributed by atoms with E-state index in [-0.39, 0.29) is 17.3 Å². The Morgan fingerprint density at radius 2 is 1.70 bits per heavy atom. The number of carbonyl (C=O) groups is 3. The van der Waals surface area contributed by atoms with E-state index in [2.05, 4.69) is 20.4 Å². The Kier molecular flexibility index (Phi) is 7.45. The van der Waals surface area contributed by atoms with Gasteiger partial charge >= 0.3 is 5.97 Å². The van der Waals surface area contributed by atoms with Crippen molar-refractivity contribution in [3.8, 4) is 0 Å². The number of esters is 1. The van der Waals surface area contributed by atoms with Crippen molar-refractivity contribution < 1.29 is 23.9 Å². The second-order valence-electron chi connectivity index (χ2n) is 5.54. The molecule has 27 heavy (non-hydrogen) atoms. The van der Waals surface area contributed by atoms with Gasteiger partial charge in [-0.2, -0.15) is 0 Å². The first-order chi connectivity index (χ1) is 13.0. The molecule has 0 saturated carbocycles. The van der Waals surface area contributed by atoms with Crippen LogP contribution in [0.3, 0.4) is 0 Å². The van der Waals surface area contributed by atoms with Gasteiger partial charge in [0.05, 0.1) is 12.7 Å². The van der Waals surface area contributed by atoms with Crippen molar-refractivity contribution in [1.82, 2.24) is 10.3 Å². The molecule has 0 aliphatic carbocycles. The highest BCUT2D eigenvalue weighted by atomic mass is 16.5. The fourth-order valence-electron chi connectivity index (χ4n) is 2.23. The predicted molar refractivity (Wildman–Crippen MR) is 98.8 cm³/mol. The lowest BCUT2D eigenvalue weighted by molar-refractivity contribution is 0.0600. The first-order valence-corrected chi connectivity index (χ1v) is 8.29. The average Bonchev–Trinajstić information content (AvgIpc) is 2.70. The molecule has 0 aliphatic heterocycles. The third kappa shape index (κ3) is 5.89. The second-order valence-corrected chi connectivity index (χ2v) is 5.54. The molecule has 0 bridgehead atoms. The maximum Gasteiger partial charge on any atom is 0.337 e. The van der Waals surface area contributed by atoms with Crippen LogP contribution in [-0.4, -0.2) is 50.1 Å². The van der Waals surface area contributed by atoms with Gasteiger partial charge in [-0.1, -0.05) is 12.1 Å². The third-order valence-corrected chi connectivity index (χ3v) is 3.57. The molecule has 0 aliphatic rings. The van der Waals surface area contributed by atoms with Crippen molar-refractivity contribution in [1.29, 1.82) is 0 Å². The van der Waals surface area contributed by atoms with Gasteiger partial charge in [0.1, 0.15) is 11.4 Å². The zero-order valence-electron chi connectivity index (χ0n) is 15.2. The van der Waals surface area contributed by atoms with E-state index in [1.165, 1.54) is 25.3 Å². The van der Waals surface area contributed by atoms with Crippen molar-refractivity contribution in [2.45, 2.75) is 6.42 Å². The average molecular weight is 371 g/mol. The van der Waals surface area contributed by atoms with Gasteiger partial charge in [-0.15, -0.1) is 0 Å². The zero-order chi connectivity index (χ0) is 19.6. The molecule has 2 amide bonds. The maximum absolute atomic E-state index is 12.4. The molecular formula is C19H21N3O5. The maximum atomic E-state index is 12.4. The molecule has 8 heteroatoms. The largest absolute Gasteiger partial charge is 0.465 e. The van der Waals surface area contributed by atoms with Crippen LogP contribution in [0.2, 0.25) is 0 Å². The van der Waals surface area contributed by atoms with Crippen molar-refractivity contribution >= 4 is 23.5 Å². The first-order valence-electron chi connectivity index (χ1n) is 8.29. The fourth-order valence-corrected chi connectivity index (χ4v) is 2.23. The lowest BCUT2D eigenvalue weighted by Crippen LogP contribution is -2.27. The summed E-state index contributed by atoms with van der Waals surface area (Å²) in [6, 6.07) is 10.9. The van der Waals surface area contributed by atoms with E-state index in [0.717, 1.165) is 0 Å². The van der Waals surface area contributed by atoms with Crippen LogP contribution in [-0.2, 0) is 9.47 Å². The minimum atomic E-state index is -0.503. The van der Waals surface area contributed by atoms with Crippen molar-refractivity contribution in [3.63, 3.8) is 0 Å². The smallest absolute Gasteiger partial charge is 0.337 e. The third-order valence-electron chi connectivity index (χ3n) is 3.57. The van der Waals surface area contributed by atoms with Crippen LogP contribution in [0, 0.1) is 0 Å². The molecule has 142 valence electrons. The van der Waals surface area contributed by atoms with Crippen LogP contribution in [0.1, 0.15) is 37.8 Å². The highest BCUT2D eigenvalue weighted by molar-refractivity contribution is 6.04. The summed E-state index contributed by atoms with van der Waals surface area (Å²) in [5.74, 6) is -1.36. The lowest BCUT2D eigenvalue weighted by atomic mass is 10.2. The minimum Gasteiger partial charge on any atom is -0.465 e. The number of ether oxygens (including phenoxy) is 2. The van der Waals surface area contributed by atoms with E-state index >= 15 is 0 Å². The van der Waals surface area contributed by atoms with Crippen LogP contribution in [0.25, 0.3) is 0 Å². The van der Waals surface area contributed by atoms with E-state index in [9.17, 15) is 14.4 Å². The monoisotopic (exact) mass is 371 g/mol. The van der Waals surface area contributed by atoms with E-state index in [1.807, 2.05) is 0 Å². The van der Waals surface area contributed by atoms with Gasteiger partial charge in [0.2, 0.25) is 0 Å². The SMILES string of the molecule is COCCCNC(=O)c1cccc(C(=O)Nc2cccc(C(=O)OC)c2)n1. The number of nitrogens with one attached hydrogen (secondary N) is 2. The number of amides is 2. The van der Waals surface area contributed by atoms with Gasteiger partial charge in [-0.25, -0.2) is 9.78 Å². The van der Waals surface area contributed by atoms with Gasteiger partial charge < -0.3 is 20.1 Å². The number of hydrogen-bond acceptors (Lipinski definition) is 6. The lowest BCUT2D eigenvalue weighted by Gasteiger charge is -2.08. The summed E-state index contributed by atoms with van der Waals surface area (Å²) in [6.07, 6.45) is 0.680. The normalized spacial score (nSPS) is 10.1. The number of aromatic nitrogens is 1. The fraction of sp³-hybridized carbons (Fsp3) is 0.263. The molecule has 0 unspecified atom stereocenters. The molecule has 0 fully saturated rings.